The Morgan fingerprint density at radius 2 is 2.17 bits per heavy atom. The molecule has 1 fully saturated rings. The summed E-state index contributed by atoms with van der Waals surface area (Å²) >= 11 is 0. The maximum Gasteiger partial charge on any atom is 0.123 e. The molecule has 0 unspecified atom stereocenters. The van der Waals surface area contributed by atoms with E-state index in [0.29, 0.717) is 6.04 Å². The lowest BCUT2D eigenvalue weighted by molar-refractivity contribution is 0.501. The molecule has 0 saturated heterocycles. The third-order valence-corrected chi connectivity index (χ3v) is 3.48. The molecule has 0 amide bonds. The molecular weight excluding hydrogens is 224 g/mol. The number of nitrogen functional groups attached to an aromatic ring is 1. The van der Waals surface area contributed by atoms with E-state index in [1.165, 1.54) is 18.5 Å². The van der Waals surface area contributed by atoms with Gasteiger partial charge in [-0.3, -0.25) is 0 Å². The molecule has 18 heavy (non-hydrogen) atoms. The molecule has 1 aromatic heterocycles. The quantitative estimate of drug-likeness (QED) is 0.836. The molecule has 1 aliphatic rings. The fourth-order valence-electron chi connectivity index (χ4n) is 2.23. The Kier molecular flexibility index (Phi) is 2.74. The van der Waals surface area contributed by atoms with Crippen LogP contribution < -0.4 is 10.6 Å². The van der Waals surface area contributed by atoms with E-state index < -0.39 is 0 Å². The van der Waals surface area contributed by atoms with Crippen molar-refractivity contribution in [2.24, 2.45) is 0 Å². The summed E-state index contributed by atoms with van der Waals surface area (Å²) in [6, 6.07) is 10.9. The average molecular weight is 242 g/mol. The standard InChI is InChI=1S/C15H18N2O/c1-11-9-13(6-7-15(11)16)17(12-4-5-12)10-14-3-2-8-18-14/h2-3,6-9,12H,4-5,10,16H2,1H3. The Hall–Kier alpha value is -1.90. The van der Waals surface area contributed by atoms with E-state index in [1.54, 1.807) is 6.26 Å². The van der Waals surface area contributed by atoms with Gasteiger partial charge in [0.2, 0.25) is 0 Å². The Bertz CT molecular complexity index is 529. The smallest absolute Gasteiger partial charge is 0.123 e. The second-order valence-electron chi connectivity index (χ2n) is 4.98. The molecule has 0 atom stereocenters. The zero-order chi connectivity index (χ0) is 12.5. The SMILES string of the molecule is Cc1cc(N(Cc2ccco2)C2CC2)ccc1N. The molecule has 1 heterocycles. The van der Waals surface area contributed by atoms with Crippen molar-refractivity contribution in [3.05, 3.63) is 47.9 Å². The summed E-state index contributed by atoms with van der Waals surface area (Å²) < 4.78 is 5.45. The minimum atomic E-state index is 0.651. The van der Waals surface area contributed by atoms with Crippen LogP contribution in [0.15, 0.2) is 41.0 Å². The van der Waals surface area contributed by atoms with Crippen molar-refractivity contribution in [2.75, 3.05) is 10.6 Å². The number of hydrogen-bond donors (Lipinski definition) is 1. The first-order valence-electron chi connectivity index (χ1n) is 6.39. The van der Waals surface area contributed by atoms with E-state index in [4.69, 9.17) is 10.2 Å². The first-order valence-corrected chi connectivity index (χ1v) is 6.39. The van der Waals surface area contributed by atoms with Gasteiger partial charge in [-0.1, -0.05) is 0 Å². The van der Waals surface area contributed by atoms with E-state index in [-0.39, 0.29) is 0 Å². The summed E-state index contributed by atoms with van der Waals surface area (Å²) in [5.74, 6) is 1.01. The summed E-state index contributed by atoms with van der Waals surface area (Å²) in [4.78, 5) is 2.41. The van der Waals surface area contributed by atoms with Gasteiger partial charge < -0.3 is 15.1 Å². The van der Waals surface area contributed by atoms with Crippen LogP contribution in [0.3, 0.4) is 0 Å². The molecule has 0 radical (unpaired) electrons. The molecule has 3 nitrogen and oxygen atoms in total. The lowest BCUT2D eigenvalue weighted by atomic mass is 10.1. The summed E-state index contributed by atoms with van der Waals surface area (Å²) in [6.45, 7) is 2.89. The van der Waals surface area contributed by atoms with Gasteiger partial charge in [0.15, 0.2) is 0 Å². The normalized spacial score (nSPS) is 14.7. The summed E-state index contributed by atoms with van der Waals surface area (Å²) in [7, 11) is 0. The Morgan fingerprint density at radius 1 is 1.33 bits per heavy atom. The molecule has 1 saturated carbocycles. The average Bonchev–Trinajstić information content (AvgIpc) is 3.07. The van der Waals surface area contributed by atoms with Crippen molar-refractivity contribution in [3.8, 4) is 0 Å². The first kappa shape index (κ1) is 11.2. The summed E-state index contributed by atoms with van der Waals surface area (Å²) in [6.07, 6.45) is 4.27. The first-order chi connectivity index (χ1) is 8.74. The number of nitrogens with zero attached hydrogens (tertiary/aromatic N) is 1. The summed E-state index contributed by atoms with van der Waals surface area (Å²) in [5, 5.41) is 0. The van der Waals surface area contributed by atoms with Crippen LogP contribution in [-0.4, -0.2) is 6.04 Å². The Balaban J connectivity index is 1.86. The van der Waals surface area contributed by atoms with E-state index in [9.17, 15) is 0 Å². The molecular formula is C15H18N2O. The van der Waals surface area contributed by atoms with Crippen molar-refractivity contribution < 1.29 is 4.42 Å². The monoisotopic (exact) mass is 242 g/mol. The van der Waals surface area contributed by atoms with Crippen molar-refractivity contribution in [1.82, 2.24) is 0 Å². The summed E-state index contributed by atoms with van der Waals surface area (Å²) in [5.41, 5.74) is 9.11. The second kappa shape index (κ2) is 4.41. The van der Waals surface area contributed by atoms with Gasteiger partial charge in [-0.2, -0.15) is 0 Å². The second-order valence-corrected chi connectivity index (χ2v) is 4.98. The number of aryl methyl sites for hydroxylation is 1. The van der Waals surface area contributed by atoms with Crippen molar-refractivity contribution >= 4 is 11.4 Å². The van der Waals surface area contributed by atoms with Crippen LogP contribution in [0, 0.1) is 6.92 Å². The molecule has 0 bridgehead atoms. The van der Waals surface area contributed by atoms with Gasteiger partial charge in [0, 0.05) is 17.4 Å². The molecule has 2 aromatic rings. The van der Waals surface area contributed by atoms with E-state index in [1.807, 2.05) is 18.2 Å². The van der Waals surface area contributed by atoms with Crippen molar-refractivity contribution in [1.29, 1.82) is 0 Å². The van der Waals surface area contributed by atoms with Crippen LogP contribution in [-0.2, 0) is 6.54 Å². The largest absolute Gasteiger partial charge is 0.467 e. The highest BCUT2D eigenvalue weighted by atomic mass is 16.3. The van der Waals surface area contributed by atoms with Gasteiger partial charge in [-0.05, 0) is 55.7 Å². The molecule has 3 rings (SSSR count). The van der Waals surface area contributed by atoms with Gasteiger partial charge in [0.1, 0.15) is 5.76 Å². The lowest BCUT2D eigenvalue weighted by Gasteiger charge is -2.24. The topological polar surface area (TPSA) is 42.4 Å². The Morgan fingerprint density at radius 3 is 2.78 bits per heavy atom. The predicted molar refractivity (Wildman–Crippen MR) is 73.5 cm³/mol. The predicted octanol–water partition coefficient (Wildman–Crippen LogP) is 3.34. The highest BCUT2D eigenvalue weighted by molar-refractivity contribution is 5.59. The van der Waals surface area contributed by atoms with E-state index in [0.717, 1.165) is 23.6 Å². The van der Waals surface area contributed by atoms with Crippen LogP contribution in [0.1, 0.15) is 24.2 Å². The number of rotatable bonds is 4. The molecule has 94 valence electrons. The fraction of sp³-hybridized carbons (Fsp3) is 0.333. The molecule has 2 N–H and O–H groups in total. The van der Waals surface area contributed by atoms with Gasteiger partial charge in [-0.15, -0.1) is 0 Å². The van der Waals surface area contributed by atoms with Crippen molar-refractivity contribution in [3.63, 3.8) is 0 Å². The van der Waals surface area contributed by atoms with E-state index in [2.05, 4.69) is 24.0 Å². The van der Waals surface area contributed by atoms with Crippen LogP contribution in [0.4, 0.5) is 11.4 Å². The number of nitrogens with two attached hydrogens (primary N) is 1. The third kappa shape index (κ3) is 2.21. The van der Waals surface area contributed by atoms with Crippen LogP contribution in [0.2, 0.25) is 0 Å². The van der Waals surface area contributed by atoms with Gasteiger partial charge in [-0.25, -0.2) is 0 Å². The zero-order valence-corrected chi connectivity index (χ0v) is 10.6. The highest BCUT2D eigenvalue weighted by Gasteiger charge is 2.29. The fourth-order valence-corrected chi connectivity index (χ4v) is 2.23. The Labute approximate surface area is 107 Å². The van der Waals surface area contributed by atoms with E-state index >= 15 is 0 Å². The van der Waals surface area contributed by atoms with Crippen LogP contribution in [0.25, 0.3) is 0 Å². The van der Waals surface area contributed by atoms with Crippen molar-refractivity contribution in [2.45, 2.75) is 32.4 Å². The number of hydrogen-bond acceptors (Lipinski definition) is 3. The van der Waals surface area contributed by atoms with Crippen LogP contribution >= 0.6 is 0 Å². The number of furan rings is 1. The van der Waals surface area contributed by atoms with Gasteiger partial charge in [0.05, 0.1) is 12.8 Å². The number of benzene rings is 1. The molecule has 1 aliphatic carbocycles. The zero-order valence-electron chi connectivity index (χ0n) is 10.6. The highest BCUT2D eigenvalue weighted by Crippen LogP contribution is 2.34. The molecule has 0 aliphatic heterocycles. The van der Waals surface area contributed by atoms with Gasteiger partial charge >= 0.3 is 0 Å². The molecule has 1 aromatic carbocycles. The minimum absolute atomic E-state index is 0.651. The van der Waals surface area contributed by atoms with Gasteiger partial charge in [0.25, 0.3) is 0 Å². The minimum Gasteiger partial charge on any atom is -0.467 e. The third-order valence-electron chi connectivity index (χ3n) is 3.48. The maximum absolute atomic E-state index is 5.88. The number of anilines is 2. The van der Waals surface area contributed by atoms with Crippen LogP contribution in [0.5, 0.6) is 0 Å². The molecule has 0 spiro atoms. The lowest BCUT2D eigenvalue weighted by Crippen LogP contribution is -2.24. The maximum atomic E-state index is 5.88. The molecule has 3 heteroatoms.